The van der Waals surface area contributed by atoms with Gasteiger partial charge in [-0.1, -0.05) is 28.4 Å². The van der Waals surface area contributed by atoms with E-state index in [1.807, 2.05) is 13.0 Å². The quantitative estimate of drug-likeness (QED) is 0.255. The molecular weight excluding hydrogens is 585 g/mol. The second-order valence-corrected chi connectivity index (χ2v) is 13.3. The van der Waals surface area contributed by atoms with Crippen LogP contribution in [0, 0.1) is 26.6 Å². The van der Waals surface area contributed by atoms with Gasteiger partial charge in [-0.25, -0.2) is 27.1 Å². The third kappa shape index (κ3) is 7.50. The van der Waals surface area contributed by atoms with Gasteiger partial charge >= 0.3 is 0 Å². The SMILES string of the molecule is CS(=O)(=O)N(Cc1ccc(Br)c(F)c1)c1c[n+](N)ccc1C1CC1.Cc1cc(C)c(S(=O)(=O)[O-])c(C)c1. The molecule has 8 nitrogen and oxygen atoms in total. The summed E-state index contributed by atoms with van der Waals surface area (Å²) in [5.74, 6) is 5.72. The zero-order chi connectivity index (χ0) is 27.7. The molecule has 3 aromatic rings. The lowest BCUT2D eigenvalue weighted by Crippen LogP contribution is -2.45. The number of hydrogen-bond acceptors (Lipinski definition) is 6. The van der Waals surface area contributed by atoms with Gasteiger partial charge in [0.05, 0.1) is 22.2 Å². The summed E-state index contributed by atoms with van der Waals surface area (Å²) >= 11 is 3.10. The molecule has 1 fully saturated rings. The molecule has 0 amide bonds. The molecule has 4 rings (SSSR count). The van der Waals surface area contributed by atoms with Crippen molar-refractivity contribution in [3.05, 3.63) is 86.9 Å². The molecule has 2 aromatic carbocycles. The molecule has 0 saturated heterocycles. The van der Waals surface area contributed by atoms with Gasteiger partial charge in [0, 0.05) is 6.07 Å². The lowest BCUT2D eigenvalue weighted by Gasteiger charge is -2.23. The van der Waals surface area contributed by atoms with Crippen molar-refractivity contribution in [2.75, 3.05) is 16.4 Å². The van der Waals surface area contributed by atoms with Crippen LogP contribution in [0.5, 0.6) is 0 Å². The van der Waals surface area contributed by atoms with E-state index in [1.54, 1.807) is 50.5 Å². The molecule has 1 heterocycles. The number of sulfonamides is 1. The maximum absolute atomic E-state index is 13.8. The van der Waals surface area contributed by atoms with Gasteiger partial charge in [-0.3, -0.25) is 4.31 Å². The minimum atomic E-state index is -4.33. The summed E-state index contributed by atoms with van der Waals surface area (Å²) in [5.41, 5.74) is 4.07. The van der Waals surface area contributed by atoms with Gasteiger partial charge in [0.1, 0.15) is 21.6 Å². The van der Waals surface area contributed by atoms with Crippen molar-refractivity contribution in [2.24, 2.45) is 0 Å². The number of halogens is 2. The topological polar surface area (TPSA) is 124 Å². The van der Waals surface area contributed by atoms with Crippen LogP contribution in [-0.2, 0) is 26.7 Å². The normalized spacial score (nSPS) is 13.6. The molecular formula is C25H29BrFN3O5S2. The summed E-state index contributed by atoms with van der Waals surface area (Å²) in [6.45, 7) is 5.17. The molecule has 0 bridgehead atoms. The van der Waals surface area contributed by atoms with Crippen LogP contribution in [-0.4, -0.2) is 27.6 Å². The van der Waals surface area contributed by atoms with Crippen LogP contribution in [0.25, 0.3) is 0 Å². The third-order valence-electron chi connectivity index (χ3n) is 5.84. The molecule has 37 heavy (non-hydrogen) atoms. The van der Waals surface area contributed by atoms with Crippen LogP contribution in [0.3, 0.4) is 0 Å². The summed E-state index contributed by atoms with van der Waals surface area (Å²) in [6.07, 6.45) is 6.52. The van der Waals surface area contributed by atoms with Crippen LogP contribution in [0.15, 0.2) is 58.2 Å². The van der Waals surface area contributed by atoms with E-state index in [2.05, 4.69) is 15.9 Å². The predicted octanol–water partition coefficient (Wildman–Crippen LogP) is 3.95. The van der Waals surface area contributed by atoms with E-state index < -0.39 is 26.0 Å². The van der Waals surface area contributed by atoms with Gasteiger partial charge in [0.15, 0.2) is 6.20 Å². The number of aromatic nitrogens is 1. The van der Waals surface area contributed by atoms with Crippen molar-refractivity contribution in [1.29, 1.82) is 0 Å². The highest BCUT2D eigenvalue weighted by molar-refractivity contribution is 9.10. The number of rotatable bonds is 6. The molecule has 2 N–H and O–H groups in total. The van der Waals surface area contributed by atoms with Gasteiger partial charge in [-0.2, -0.15) is 0 Å². The number of nitrogen functional groups attached to an aromatic ring is 1. The number of nitrogens with two attached hydrogens (primary N) is 1. The van der Waals surface area contributed by atoms with E-state index in [0.717, 1.165) is 30.2 Å². The lowest BCUT2D eigenvalue weighted by atomic mass is 10.1. The van der Waals surface area contributed by atoms with E-state index in [-0.39, 0.29) is 11.4 Å². The molecule has 1 aliphatic rings. The molecule has 200 valence electrons. The average Bonchev–Trinajstić information content (AvgIpc) is 3.57. The zero-order valence-electron chi connectivity index (χ0n) is 20.9. The number of hydrogen-bond donors (Lipinski definition) is 1. The molecule has 0 spiro atoms. The second-order valence-electron chi connectivity index (χ2n) is 9.21. The van der Waals surface area contributed by atoms with Gasteiger partial charge in [-0.05, 0) is 89.8 Å². The van der Waals surface area contributed by atoms with E-state index >= 15 is 0 Å². The Morgan fingerprint density at radius 3 is 2.16 bits per heavy atom. The first kappa shape index (κ1) is 29.0. The van der Waals surface area contributed by atoms with E-state index in [4.69, 9.17) is 5.84 Å². The van der Waals surface area contributed by atoms with E-state index in [9.17, 15) is 25.8 Å². The van der Waals surface area contributed by atoms with Crippen molar-refractivity contribution >= 4 is 41.8 Å². The van der Waals surface area contributed by atoms with Crippen molar-refractivity contribution in [1.82, 2.24) is 0 Å². The average molecular weight is 615 g/mol. The molecule has 12 heteroatoms. The fourth-order valence-electron chi connectivity index (χ4n) is 4.20. The summed E-state index contributed by atoms with van der Waals surface area (Å²) in [5, 5.41) is 0. The highest BCUT2D eigenvalue weighted by atomic mass is 79.9. The molecule has 0 atom stereocenters. The van der Waals surface area contributed by atoms with Crippen LogP contribution < -0.4 is 14.8 Å². The molecule has 0 aliphatic heterocycles. The van der Waals surface area contributed by atoms with Gasteiger partial charge in [-0.15, -0.1) is 0 Å². The predicted molar refractivity (Wildman–Crippen MR) is 143 cm³/mol. The number of nitrogens with zero attached hydrogens (tertiary/aromatic N) is 2. The fraction of sp³-hybridized carbons (Fsp3) is 0.320. The lowest BCUT2D eigenvalue weighted by molar-refractivity contribution is -0.638. The van der Waals surface area contributed by atoms with Crippen molar-refractivity contribution in [3.8, 4) is 0 Å². The first-order chi connectivity index (χ1) is 17.1. The Bertz CT molecular complexity index is 1520. The first-order valence-electron chi connectivity index (χ1n) is 11.3. The largest absolute Gasteiger partial charge is 0.744 e. The first-order valence-corrected chi connectivity index (χ1v) is 15.4. The molecule has 1 aliphatic carbocycles. The Morgan fingerprint density at radius 2 is 1.68 bits per heavy atom. The fourth-order valence-corrected chi connectivity index (χ4v) is 6.25. The van der Waals surface area contributed by atoms with E-state index in [0.29, 0.717) is 32.8 Å². The number of aryl methyl sites for hydroxylation is 3. The maximum atomic E-state index is 13.8. The summed E-state index contributed by atoms with van der Waals surface area (Å²) in [6, 6.07) is 9.84. The Labute approximate surface area is 225 Å². The monoisotopic (exact) mass is 613 g/mol. The smallest absolute Gasteiger partial charge is 0.232 e. The van der Waals surface area contributed by atoms with Gasteiger partial charge in [0.2, 0.25) is 16.2 Å². The van der Waals surface area contributed by atoms with Crippen molar-refractivity contribution in [2.45, 2.75) is 51.0 Å². The highest BCUT2D eigenvalue weighted by Crippen LogP contribution is 2.44. The highest BCUT2D eigenvalue weighted by Gasteiger charge is 2.32. The van der Waals surface area contributed by atoms with Gasteiger partial charge < -0.3 is 4.55 Å². The number of benzene rings is 2. The summed E-state index contributed by atoms with van der Waals surface area (Å²) < 4.78 is 74.0. The number of anilines is 1. The second kappa shape index (κ2) is 11.1. The third-order valence-corrected chi connectivity index (χ3v) is 8.76. The Hall–Kier alpha value is -2.54. The molecule has 1 saturated carbocycles. The molecule has 1 aromatic heterocycles. The van der Waals surface area contributed by atoms with Crippen LogP contribution >= 0.6 is 15.9 Å². The summed E-state index contributed by atoms with van der Waals surface area (Å²) in [4.78, 5) is -0.0851. The van der Waals surface area contributed by atoms with Crippen molar-refractivity contribution < 1.29 is 30.5 Å². The summed E-state index contributed by atoms with van der Waals surface area (Å²) in [7, 11) is -7.88. The Morgan fingerprint density at radius 1 is 1.08 bits per heavy atom. The maximum Gasteiger partial charge on any atom is 0.232 e. The standard InChI is InChI=1S/C16H18BrFN3O2S.C9H12O3S/c1-24(22,23)21(9-11-2-5-14(17)15(18)8-11)16-10-20(19)7-6-13(16)12-3-4-12;1-6-4-7(2)9(8(3)5-6)13(10,11)12/h2,5-8,10,12H,3-4,9,19H2,1H3;4-5H,1-3H3,(H,10,11,12)/q+1;/p-1. The molecule has 0 unspecified atom stereocenters. The molecule has 0 radical (unpaired) electrons. The Balaban J connectivity index is 0.000000248. The number of pyridine rings is 1. The van der Waals surface area contributed by atoms with Crippen LogP contribution in [0.4, 0.5) is 10.1 Å². The zero-order valence-corrected chi connectivity index (χ0v) is 24.1. The van der Waals surface area contributed by atoms with Crippen LogP contribution in [0.2, 0.25) is 0 Å². The van der Waals surface area contributed by atoms with Gasteiger partial charge in [0.25, 0.3) is 0 Å². The van der Waals surface area contributed by atoms with Crippen LogP contribution in [0.1, 0.15) is 46.6 Å². The van der Waals surface area contributed by atoms with Crippen molar-refractivity contribution in [3.63, 3.8) is 0 Å². The van der Waals surface area contributed by atoms with E-state index in [1.165, 1.54) is 15.0 Å². The minimum absolute atomic E-state index is 0.0484. The Kier molecular flexibility index (Phi) is 8.68. The minimum Gasteiger partial charge on any atom is -0.744 e.